The average molecular weight is 733 g/mol. The molecule has 3 heterocycles. The first kappa shape index (κ1) is 32.5. The van der Waals surface area contributed by atoms with Gasteiger partial charge < -0.3 is 4.57 Å². The van der Waals surface area contributed by atoms with Crippen LogP contribution in [0.2, 0.25) is 13.1 Å². The molecular weight excluding hydrogens is 697 g/mol. The van der Waals surface area contributed by atoms with E-state index in [1.165, 1.54) is 37.8 Å². The normalized spacial score (nSPS) is 13.0. The third-order valence-corrected chi connectivity index (χ3v) is 15.2. The SMILES string of the molecule is C[Si]1(C)c2ccccc2-c2ccc(-c3nc(-c4ccc(-c5ccc6ccccc6c5)cc4)nc(-c4cccc5c4c4ccccc4n5-c4ccccc4)n3)cc21. The molecule has 56 heavy (non-hydrogen) atoms. The highest BCUT2D eigenvalue weighted by Gasteiger charge is 2.37. The summed E-state index contributed by atoms with van der Waals surface area (Å²) in [5.74, 6) is 1.99. The first-order chi connectivity index (χ1) is 27.5. The lowest BCUT2D eigenvalue weighted by molar-refractivity contribution is 1.08. The van der Waals surface area contributed by atoms with Gasteiger partial charge in [-0.15, -0.1) is 0 Å². The summed E-state index contributed by atoms with van der Waals surface area (Å²) in [6.45, 7) is 4.90. The predicted octanol–water partition coefficient (Wildman–Crippen LogP) is 11.6. The van der Waals surface area contributed by atoms with Crippen LogP contribution in [0.4, 0.5) is 0 Å². The van der Waals surface area contributed by atoms with Gasteiger partial charge in [0.05, 0.1) is 11.0 Å². The van der Waals surface area contributed by atoms with Gasteiger partial charge >= 0.3 is 0 Å². The van der Waals surface area contributed by atoms with Crippen molar-refractivity contribution in [3.63, 3.8) is 0 Å². The van der Waals surface area contributed by atoms with Crippen molar-refractivity contribution in [2.24, 2.45) is 0 Å². The molecule has 2 aromatic heterocycles. The van der Waals surface area contributed by atoms with Crippen LogP contribution in [0.5, 0.6) is 0 Å². The van der Waals surface area contributed by atoms with Crippen molar-refractivity contribution in [2.75, 3.05) is 0 Å². The molecule has 8 aromatic carbocycles. The molecule has 0 bridgehead atoms. The van der Waals surface area contributed by atoms with E-state index in [1.54, 1.807) is 0 Å². The highest BCUT2D eigenvalue weighted by molar-refractivity contribution is 7.03. The minimum atomic E-state index is -1.93. The Morgan fingerprint density at radius 1 is 0.393 bits per heavy atom. The summed E-state index contributed by atoms with van der Waals surface area (Å²) in [6.07, 6.45) is 0. The summed E-state index contributed by atoms with van der Waals surface area (Å²) in [4.78, 5) is 15.9. The molecule has 0 aliphatic carbocycles. The lowest BCUT2D eigenvalue weighted by Gasteiger charge is -2.19. The standard InChI is InChI=1S/C51H36N4Si/c1-56(2)46-22-11-9-17-40(46)41-30-29-38(32-47(41)56)50-52-49(35-26-23-34(24-27-35)37-28-25-33-13-6-7-14-36(33)31-37)53-51(54-50)43-19-12-21-45-48(43)42-18-8-10-20-44(42)55(45)39-15-4-3-5-16-39/h3-32H,1-2H3. The van der Waals surface area contributed by atoms with Crippen LogP contribution in [0.3, 0.4) is 0 Å². The van der Waals surface area contributed by atoms with Crippen LogP contribution in [0.15, 0.2) is 182 Å². The third kappa shape index (κ3) is 5.09. The Labute approximate surface area is 326 Å². The third-order valence-electron chi connectivity index (χ3n) is 11.7. The van der Waals surface area contributed by atoms with Crippen molar-refractivity contribution < 1.29 is 0 Å². The van der Waals surface area contributed by atoms with Crippen LogP contribution in [-0.2, 0) is 0 Å². The van der Waals surface area contributed by atoms with Crippen molar-refractivity contribution in [2.45, 2.75) is 13.1 Å². The smallest absolute Gasteiger partial charge is 0.164 e. The molecule has 5 heteroatoms. The van der Waals surface area contributed by atoms with E-state index in [1.807, 2.05) is 0 Å². The molecule has 4 nitrogen and oxygen atoms in total. The summed E-state index contributed by atoms with van der Waals surface area (Å²) in [7, 11) is -1.93. The number of rotatable bonds is 5. The maximum atomic E-state index is 5.34. The van der Waals surface area contributed by atoms with E-state index in [4.69, 9.17) is 15.0 Å². The summed E-state index contributed by atoms with van der Waals surface area (Å²) in [5, 5.41) is 7.66. The Morgan fingerprint density at radius 2 is 1.00 bits per heavy atom. The minimum Gasteiger partial charge on any atom is -0.309 e. The predicted molar refractivity (Wildman–Crippen MR) is 236 cm³/mol. The molecule has 0 saturated carbocycles. The van der Waals surface area contributed by atoms with Crippen LogP contribution in [0.1, 0.15) is 0 Å². The van der Waals surface area contributed by atoms with Gasteiger partial charge in [0.1, 0.15) is 8.07 Å². The second-order valence-electron chi connectivity index (χ2n) is 15.3. The van der Waals surface area contributed by atoms with Gasteiger partial charge in [-0.05, 0) is 73.7 Å². The van der Waals surface area contributed by atoms with Crippen LogP contribution in [0.25, 0.3) is 94.7 Å². The van der Waals surface area contributed by atoms with Crippen LogP contribution in [0, 0.1) is 0 Å². The van der Waals surface area contributed by atoms with E-state index in [-0.39, 0.29) is 0 Å². The van der Waals surface area contributed by atoms with Gasteiger partial charge in [-0.3, -0.25) is 0 Å². The number of hydrogen-bond donors (Lipinski definition) is 0. The van der Waals surface area contributed by atoms with E-state index in [2.05, 4.69) is 200 Å². The van der Waals surface area contributed by atoms with Crippen molar-refractivity contribution in [1.82, 2.24) is 19.5 Å². The van der Waals surface area contributed by atoms with Gasteiger partial charge in [-0.1, -0.05) is 165 Å². The highest BCUT2D eigenvalue weighted by Crippen LogP contribution is 2.39. The quantitative estimate of drug-likeness (QED) is 0.166. The summed E-state index contributed by atoms with van der Waals surface area (Å²) >= 11 is 0. The van der Waals surface area contributed by atoms with Crippen molar-refractivity contribution in [3.05, 3.63) is 182 Å². The van der Waals surface area contributed by atoms with Crippen LogP contribution >= 0.6 is 0 Å². The number of aromatic nitrogens is 4. The first-order valence-electron chi connectivity index (χ1n) is 19.2. The molecule has 0 fully saturated rings. The topological polar surface area (TPSA) is 43.6 Å². The molecular formula is C51H36N4Si. The molecule has 1 aliphatic heterocycles. The molecule has 1 aliphatic rings. The summed E-state index contributed by atoms with van der Waals surface area (Å²) < 4.78 is 2.34. The van der Waals surface area contributed by atoms with Crippen LogP contribution < -0.4 is 10.4 Å². The molecule has 0 N–H and O–H groups in total. The van der Waals surface area contributed by atoms with Gasteiger partial charge in [0.25, 0.3) is 0 Å². The number of fused-ring (bicyclic) bond motifs is 7. The summed E-state index contributed by atoms with van der Waals surface area (Å²) in [6, 6.07) is 65.2. The van der Waals surface area contributed by atoms with E-state index >= 15 is 0 Å². The van der Waals surface area contributed by atoms with Gasteiger partial charge in [0.15, 0.2) is 17.5 Å². The monoisotopic (exact) mass is 732 g/mol. The maximum Gasteiger partial charge on any atom is 0.164 e. The highest BCUT2D eigenvalue weighted by atomic mass is 28.3. The molecule has 0 unspecified atom stereocenters. The average Bonchev–Trinajstić information content (AvgIpc) is 3.72. The fourth-order valence-corrected chi connectivity index (χ4v) is 11.9. The molecule has 0 radical (unpaired) electrons. The number of para-hydroxylation sites is 2. The Balaban J connectivity index is 1.11. The van der Waals surface area contributed by atoms with E-state index in [9.17, 15) is 0 Å². The fourth-order valence-electron chi connectivity index (χ4n) is 8.84. The Bertz CT molecular complexity index is 3160. The second kappa shape index (κ2) is 12.6. The fraction of sp³-hybridized carbons (Fsp3) is 0.0392. The zero-order valence-electron chi connectivity index (χ0n) is 31.1. The summed E-state index contributed by atoms with van der Waals surface area (Å²) in [5.41, 5.74) is 11.3. The number of hydrogen-bond acceptors (Lipinski definition) is 3. The van der Waals surface area contributed by atoms with Crippen molar-refractivity contribution in [3.8, 4) is 62.1 Å². The maximum absolute atomic E-state index is 5.34. The van der Waals surface area contributed by atoms with Gasteiger partial charge in [-0.25, -0.2) is 15.0 Å². The largest absolute Gasteiger partial charge is 0.309 e. The van der Waals surface area contributed by atoms with E-state index in [0.29, 0.717) is 17.5 Å². The molecule has 0 saturated heterocycles. The number of nitrogens with zero attached hydrogens (tertiary/aromatic N) is 4. The Kier molecular flexibility index (Phi) is 7.28. The van der Waals surface area contributed by atoms with Crippen molar-refractivity contribution in [1.29, 1.82) is 0 Å². The van der Waals surface area contributed by atoms with Gasteiger partial charge in [-0.2, -0.15) is 0 Å². The molecule has 11 rings (SSSR count). The van der Waals surface area contributed by atoms with E-state index < -0.39 is 8.07 Å². The molecule has 264 valence electrons. The first-order valence-corrected chi connectivity index (χ1v) is 22.2. The zero-order chi connectivity index (χ0) is 37.4. The van der Waals surface area contributed by atoms with E-state index in [0.717, 1.165) is 49.7 Å². The molecule has 0 spiro atoms. The molecule has 10 aromatic rings. The van der Waals surface area contributed by atoms with Gasteiger partial charge in [0.2, 0.25) is 0 Å². The molecule has 0 atom stereocenters. The zero-order valence-corrected chi connectivity index (χ0v) is 32.1. The Hall–Kier alpha value is -6.95. The second-order valence-corrected chi connectivity index (χ2v) is 19.6. The lowest BCUT2D eigenvalue weighted by atomic mass is 10.00. The minimum absolute atomic E-state index is 0.652. The van der Waals surface area contributed by atoms with Crippen LogP contribution in [-0.4, -0.2) is 27.6 Å². The Morgan fingerprint density at radius 3 is 1.86 bits per heavy atom. The van der Waals surface area contributed by atoms with Gasteiger partial charge in [0, 0.05) is 33.2 Å². The molecule has 0 amide bonds. The van der Waals surface area contributed by atoms with Crippen molar-refractivity contribution >= 4 is 51.0 Å². The lowest BCUT2D eigenvalue weighted by Crippen LogP contribution is -2.49. The number of benzene rings is 8.